The van der Waals surface area contributed by atoms with Crippen molar-refractivity contribution in [1.29, 1.82) is 0 Å². The number of anilines is 1. The summed E-state index contributed by atoms with van der Waals surface area (Å²) < 4.78 is 34.9. The molecule has 3 aromatic carbocycles. The Morgan fingerprint density at radius 3 is 2.32 bits per heavy atom. The van der Waals surface area contributed by atoms with Crippen molar-refractivity contribution in [2.24, 2.45) is 0 Å². The van der Waals surface area contributed by atoms with Crippen LogP contribution in [0.4, 0.5) is 5.82 Å². The Balaban J connectivity index is 1.63. The Labute approximate surface area is 223 Å². The van der Waals surface area contributed by atoms with Crippen LogP contribution in [-0.2, 0) is 14.8 Å². The molecule has 1 heterocycles. The number of nitrogens with one attached hydrogen (secondary N) is 1. The number of aryl methyl sites for hydroxylation is 1. The number of unbranched alkanes of at least 4 members (excludes halogenated alkanes) is 1. The predicted molar refractivity (Wildman–Crippen MR) is 149 cm³/mol. The monoisotopic (exact) mass is 532 g/mol. The topological polar surface area (TPSA) is 93.5 Å². The molecular weight excluding hydrogens is 500 g/mol. The van der Waals surface area contributed by atoms with Gasteiger partial charge in [-0.2, -0.15) is 9.40 Å². The molecule has 0 radical (unpaired) electrons. The van der Waals surface area contributed by atoms with Crippen molar-refractivity contribution >= 4 is 21.7 Å². The maximum atomic E-state index is 13.4. The lowest BCUT2D eigenvalue weighted by atomic mass is 10.2. The van der Waals surface area contributed by atoms with Crippen LogP contribution in [0.5, 0.6) is 5.75 Å². The van der Waals surface area contributed by atoms with Crippen LogP contribution in [0, 0.1) is 6.92 Å². The van der Waals surface area contributed by atoms with Crippen LogP contribution in [0.25, 0.3) is 16.9 Å². The fourth-order valence-corrected chi connectivity index (χ4v) is 5.40. The zero-order valence-electron chi connectivity index (χ0n) is 21.8. The van der Waals surface area contributed by atoms with Crippen molar-refractivity contribution in [3.05, 3.63) is 90.5 Å². The number of benzene rings is 3. The van der Waals surface area contributed by atoms with Crippen LogP contribution in [0.3, 0.4) is 0 Å². The standard InChI is InChI=1S/C29H32N4O4S/c1-4-5-19-32(38(35,36)26-17-11-22(2)12-18-26)21-29(34)30-28-20-27(23-9-7-6-8-10-23)31-33(28)24-13-15-25(37-3)16-14-24/h6-18,20H,4-5,19,21H2,1-3H3,(H,30,34). The first-order valence-corrected chi connectivity index (χ1v) is 13.9. The maximum Gasteiger partial charge on any atom is 0.243 e. The molecule has 0 unspecified atom stereocenters. The summed E-state index contributed by atoms with van der Waals surface area (Å²) in [6.45, 7) is 3.81. The number of sulfonamides is 1. The first kappa shape index (κ1) is 27.1. The van der Waals surface area contributed by atoms with E-state index in [9.17, 15) is 13.2 Å². The Morgan fingerprint density at radius 1 is 1.00 bits per heavy atom. The van der Waals surface area contributed by atoms with Crippen molar-refractivity contribution in [2.75, 3.05) is 25.5 Å². The summed E-state index contributed by atoms with van der Waals surface area (Å²) in [6, 6.07) is 25.4. The van der Waals surface area contributed by atoms with Crippen LogP contribution >= 0.6 is 0 Å². The lowest BCUT2D eigenvalue weighted by Crippen LogP contribution is -2.38. The van der Waals surface area contributed by atoms with Crippen molar-refractivity contribution in [3.63, 3.8) is 0 Å². The SMILES string of the molecule is CCCCN(CC(=O)Nc1cc(-c2ccccc2)nn1-c1ccc(OC)cc1)S(=O)(=O)c1ccc(C)cc1. The molecule has 0 saturated carbocycles. The number of hydrogen-bond donors (Lipinski definition) is 1. The average molecular weight is 533 g/mol. The molecule has 1 N–H and O–H groups in total. The quantitative estimate of drug-likeness (QED) is 0.283. The zero-order chi connectivity index (χ0) is 27.1. The Bertz CT molecular complexity index is 1470. The summed E-state index contributed by atoms with van der Waals surface area (Å²) in [6.07, 6.45) is 1.44. The number of aromatic nitrogens is 2. The second-order valence-electron chi connectivity index (χ2n) is 8.94. The minimum absolute atomic E-state index is 0.168. The summed E-state index contributed by atoms with van der Waals surface area (Å²) in [4.78, 5) is 13.4. The summed E-state index contributed by atoms with van der Waals surface area (Å²) in [7, 11) is -2.25. The maximum absolute atomic E-state index is 13.4. The molecule has 38 heavy (non-hydrogen) atoms. The van der Waals surface area contributed by atoms with Crippen LogP contribution in [-0.4, -0.2) is 48.6 Å². The molecule has 0 bridgehead atoms. The number of ether oxygens (including phenoxy) is 1. The Hall–Kier alpha value is -3.95. The fraction of sp³-hybridized carbons (Fsp3) is 0.241. The van der Waals surface area contributed by atoms with Crippen LogP contribution in [0.2, 0.25) is 0 Å². The molecule has 0 saturated heterocycles. The minimum Gasteiger partial charge on any atom is -0.497 e. The highest BCUT2D eigenvalue weighted by Gasteiger charge is 2.27. The van der Waals surface area contributed by atoms with Crippen molar-refractivity contribution in [3.8, 4) is 22.7 Å². The molecular formula is C29H32N4O4S. The van der Waals surface area contributed by atoms with E-state index >= 15 is 0 Å². The largest absolute Gasteiger partial charge is 0.497 e. The smallest absolute Gasteiger partial charge is 0.243 e. The normalized spacial score (nSPS) is 11.5. The fourth-order valence-electron chi connectivity index (χ4n) is 3.96. The predicted octanol–water partition coefficient (Wildman–Crippen LogP) is 5.29. The molecule has 0 aliphatic heterocycles. The zero-order valence-corrected chi connectivity index (χ0v) is 22.6. The first-order chi connectivity index (χ1) is 18.3. The van der Waals surface area contributed by atoms with E-state index in [-0.39, 0.29) is 18.0 Å². The highest BCUT2D eigenvalue weighted by atomic mass is 32.2. The van der Waals surface area contributed by atoms with E-state index in [4.69, 9.17) is 9.84 Å². The van der Waals surface area contributed by atoms with E-state index in [0.29, 0.717) is 23.7 Å². The van der Waals surface area contributed by atoms with Crippen molar-refractivity contribution in [1.82, 2.24) is 14.1 Å². The molecule has 4 aromatic rings. The summed E-state index contributed by atoms with van der Waals surface area (Å²) in [5.74, 6) is 0.677. The van der Waals surface area contributed by atoms with Crippen LogP contribution < -0.4 is 10.1 Å². The van der Waals surface area contributed by atoms with Gasteiger partial charge in [0.1, 0.15) is 11.6 Å². The van der Waals surface area contributed by atoms with Gasteiger partial charge in [0, 0.05) is 18.2 Å². The third-order valence-electron chi connectivity index (χ3n) is 6.10. The van der Waals surface area contributed by atoms with Gasteiger partial charge in [0.15, 0.2) is 0 Å². The van der Waals surface area contributed by atoms with Crippen molar-refractivity contribution < 1.29 is 17.9 Å². The number of nitrogens with zero attached hydrogens (tertiary/aromatic N) is 3. The third-order valence-corrected chi connectivity index (χ3v) is 7.96. The van der Waals surface area contributed by atoms with Gasteiger partial charge in [-0.3, -0.25) is 4.79 Å². The lowest BCUT2D eigenvalue weighted by Gasteiger charge is -2.22. The lowest BCUT2D eigenvalue weighted by molar-refractivity contribution is -0.116. The number of carbonyl (C=O) groups is 1. The van der Waals surface area contributed by atoms with Crippen LogP contribution in [0.1, 0.15) is 25.3 Å². The van der Waals surface area contributed by atoms with Gasteiger partial charge in [-0.15, -0.1) is 0 Å². The van der Waals surface area contributed by atoms with Gasteiger partial charge >= 0.3 is 0 Å². The molecule has 0 aliphatic carbocycles. The number of methoxy groups -OCH3 is 1. The van der Waals surface area contributed by atoms with Gasteiger partial charge in [0.05, 0.1) is 29.9 Å². The van der Waals surface area contributed by atoms with Gasteiger partial charge in [0.25, 0.3) is 0 Å². The molecule has 0 spiro atoms. The van der Waals surface area contributed by atoms with E-state index < -0.39 is 15.9 Å². The van der Waals surface area contributed by atoms with E-state index in [0.717, 1.165) is 23.2 Å². The highest BCUT2D eigenvalue weighted by molar-refractivity contribution is 7.89. The summed E-state index contributed by atoms with van der Waals surface area (Å²) in [5.41, 5.74) is 3.25. The van der Waals surface area contributed by atoms with Gasteiger partial charge in [-0.05, 0) is 49.7 Å². The van der Waals surface area contributed by atoms with E-state index in [2.05, 4.69) is 5.32 Å². The van der Waals surface area contributed by atoms with Gasteiger partial charge in [-0.25, -0.2) is 13.1 Å². The molecule has 0 atom stereocenters. The average Bonchev–Trinajstić information content (AvgIpc) is 3.35. The number of amides is 1. The summed E-state index contributed by atoms with van der Waals surface area (Å²) in [5, 5.41) is 7.61. The van der Waals surface area contributed by atoms with Crippen molar-refractivity contribution in [2.45, 2.75) is 31.6 Å². The molecule has 1 aromatic heterocycles. The number of carbonyl (C=O) groups excluding carboxylic acids is 1. The third kappa shape index (κ3) is 6.30. The highest BCUT2D eigenvalue weighted by Crippen LogP contribution is 2.26. The molecule has 8 nitrogen and oxygen atoms in total. The molecule has 0 aliphatic rings. The first-order valence-electron chi connectivity index (χ1n) is 12.5. The molecule has 1 amide bonds. The van der Waals surface area contributed by atoms with E-state index in [1.165, 1.54) is 4.31 Å². The van der Waals surface area contributed by atoms with Gasteiger partial charge in [0.2, 0.25) is 15.9 Å². The van der Waals surface area contributed by atoms with Gasteiger partial charge < -0.3 is 10.1 Å². The van der Waals surface area contributed by atoms with Gasteiger partial charge in [-0.1, -0.05) is 61.4 Å². The molecule has 0 fully saturated rings. The van der Waals surface area contributed by atoms with Crippen LogP contribution in [0.15, 0.2) is 89.8 Å². The second kappa shape index (κ2) is 12.1. The molecule has 198 valence electrons. The molecule has 9 heteroatoms. The van der Waals surface area contributed by atoms with E-state index in [1.54, 1.807) is 42.1 Å². The molecule has 4 rings (SSSR count). The summed E-state index contributed by atoms with van der Waals surface area (Å²) >= 11 is 0. The Kier molecular flexibility index (Phi) is 8.60. The number of hydrogen-bond acceptors (Lipinski definition) is 5. The number of rotatable bonds is 11. The second-order valence-corrected chi connectivity index (χ2v) is 10.9. The Morgan fingerprint density at radius 2 is 1.68 bits per heavy atom. The van der Waals surface area contributed by atoms with E-state index in [1.807, 2.05) is 68.4 Å². The minimum atomic E-state index is -3.85.